The molecule has 2 aliphatic rings. The van der Waals surface area contributed by atoms with Crippen LogP contribution < -0.4 is 15.8 Å². The van der Waals surface area contributed by atoms with Gasteiger partial charge >= 0.3 is 0 Å². The van der Waals surface area contributed by atoms with Crippen molar-refractivity contribution in [2.75, 3.05) is 20.3 Å². The lowest BCUT2D eigenvalue weighted by atomic mass is 10.1. The highest BCUT2D eigenvalue weighted by atomic mass is 79.9. The number of nitrogens with one attached hydrogen (secondary N) is 1. The van der Waals surface area contributed by atoms with Crippen LogP contribution in [-0.4, -0.2) is 39.2 Å². The minimum atomic E-state index is -1.57. The van der Waals surface area contributed by atoms with Gasteiger partial charge in [-0.2, -0.15) is 4.40 Å². The van der Waals surface area contributed by atoms with Gasteiger partial charge < -0.3 is 4.74 Å². The topological polar surface area (TPSA) is 85.2 Å². The average Bonchev–Trinajstić information content (AvgIpc) is 3.22. The fraction of sp³-hybridized carbons (Fsp3) is 0.333. The van der Waals surface area contributed by atoms with Gasteiger partial charge in [0.05, 0.1) is 23.9 Å². The van der Waals surface area contributed by atoms with E-state index in [2.05, 4.69) is 25.8 Å². The zero-order valence-electron chi connectivity index (χ0n) is 15.5. The molecule has 1 saturated heterocycles. The van der Waals surface area contributed by atoms with Crippen LogP contribution in [0.15, 0.2) is 37.9 Å². The number of hydroxylamine groups is 1. The fourth-order valence-electron chi connectivity index (χ4n) is 3.34. The van der Waals surface area contributed by atoms with Gasteiger partial charge in [-0.3, -0.25) is 19.7 Å². The highest BCUT2D eigenvalue weighted by Gasteiger charge is 2.26. The van der Waals surface area contributed by atoms with E-state index in [4.69, 9.17) is 9.57 Å². The maximum Gasteiger partial charge on any atom is 0.255 e. The third-order valence-electron chi connectivity index (χ3n) is 4.74. The molecule has 2 aromatic rings. The van der Waals surface area contributed by atoms with Crippen LogP contribution in [0, 0.1) is 5.82 Å². The Morgan fingerprint density at radius 2 is 2.17 bits per heavy atom. The maximum absolute atomic E-state index is 14.2. The standard InChI is InChI=1S/C18H18BrFN4O4S/c1-27-16-8-12(19)13(20)9-15(16)24-14-4-6-23(10-11(14)2-3-18(24)25)29(26)22-17-5-7-28-21-17/h2-3,8-9H,4-7,10H2,1H3,(H,21,22). The first-order valence-electron chi connectivity index (χ1n) is 8.87. The van der Waals surface area contributed by atoms with Gasteiger partial charge in [0.1, 0.15) is 17.4 Å². The molecule has 1 N–H and O–H groups in total. The Morgan fingerprint density at radius 3 is 2.90 bits per heavy atom. The third kappa shape index (κ3) is 4.00. The largest absolute Gasteiger partial charge is 0.495 e. The van der Waals surface area contributed by atoms with E-state index < -0.39 is 17.0 Å². The summed E-state index contributed by atoms with van der Waals surface area (Å²) in [5.74, 6) is 0.429. The molecule has 1 aromatic carbocycles. The second-order valence-corrected chi connectivity index (χ2v) is 8.51. The van der Waals surface area contributed by atoms with E-state index in [1.165, 1.54) is 29.9 Å². The molecule has 8 nitrogen and oxygen atoms in total. The molecule has 1 aromatic heterocycles. The van der Waals surface area contributed by atoms with Gasteiger partial charge in [0.25, 0.3) is 5.56 Å². The number of rotatable bonds is 4. The Hall–Kier alpha value is -2.08. The molecular formula is C18H18BrFN4O4S. The lowest BCUT2D eigenvalue weighted by molar-refractivity contribution is 0.122. The van der Waals surface area contributed by atoms with Crippen LogP contribution in [0.25, 0.3) is 5.69 Å². The van der Waals surface area contributed by atoms with Crippen LogP contribution in [0.3, 0.4) is 0 Å². The Labute approximate surface area is 177 Å². The first kappa shape index (κ1) is 20.2. The van der Waals surface area contributed by atoms with Crippen molar-refractivity contribution in [2.45, 2.75) is 19.4 Å². The van der Waals surface area contributed by atoms with Crippen molar-refractivity contribution in [3.63, 3.8) is 0 Å². The van der Waals surface area contributed by atoms with E-state index >= 15 is 0 Å². The van der Waals surface area contributed by atoms with Crippen molar-refractivity contribution in [1.29, 1.82) is 0 Å². The number of hydrogen-bond acceptors (Lipinski definition) is 4. The predicted molar refractivity (Wildman–Crippen MR) is 110 cm³/mol. The molecule has 0 radical (unpaired) electrons. The van der Waals surface area contributed by atoms with Crippen molar-refractivity contribution >= 4 is 32.9 Å². The molecule has 154 valence electrons. The number of aromatic nitrogens is 1. The number of halogens is 2. The minimum Gasteiger partial charge on any atom is -0.495 e. The second-order valence-electron chi connectivity index (χ2n) is 6.50. The molecule has 1 unspecified atom stereocenters. The Kier molecular flexibility index (Phi) is 5.81. The minimum absolute atomic E-state index is 0.251. The van der Waals surface area contributed by atoms with E-state index in [1.54, 1.807) is 10.4 Å². The fourth-order valence-corrected chi connectivity index (χ4v) is 4.59. The van der Waals surface area contributed by atoms with Crippen LogP contribution >= 0.6 is 15.9 Å². The van der Waals surface area contributed by atoms with Gasteiger partial charge in [-0.25, -0.2) is 12.9 Å². The second kappa shape index (κ2) is 8.34. The molecule has 0 aliphatic carbocycles. The number of amidine groups is 1. The smallest absolute Gasteiger partial charge is 0.255 e. The molecule has 2 aliphatic heterocycles. The van der Waals surface area contributed by atoms with Crippen LogP contribution in [0.5, 0.6) is 5.75 Å². The van der Waals surface area contributed by atoms with Crippen LogP contribution in [0.1, 0.15) is 17.7 Å². The van der Waals surface area contributed by atoms with Gasteiger partial charge in [-0.1, -0.05) is 6.07 Å². The van der Waals surface area contributed by atoms with Crippen LogP contribution in [-0.2, 0) is 29.0 Å². The summed E-state index contributed by atoms with van der Waals surface area (Å²) in [6, 6.07) is 5.90. The van der Waals surface area contributed by atoms with Crippen molar-refractivity contribution in [3.05, 3.63) is 56.2 Å². The Bertz CT molecular complexity index is 1070. The summed E-state index contributed by atoms with van der Waals surface area (Å²) in [7, 11) is 1.47. The number of fused-ring (bicyclic) bond motifs is 1. The zero-order valence-corrected chi connectivity index (χ0v) is 17.9. The number of methoxy groups -OCH3 is 1. The van der Waals surface area contributed by atoms with E-state index in [9.17, 15) is 13.4 Å². The van der Waals surface area contributed by atoms with E-state index in [0.717, 1.165) is 11.3 Å². The monoisotopic (exact) mass is 484 g/mol. The molecule has 0 amide bonds. The summed E-state index contributed by atoms with van der Waals surface area (Å²) in [5.41, 5.74) is 4.24. The summed E-state index contributed by atoms with van der Waals surface area (Å²) in [6.45, 7) is 1.28. The van der Waals surface area contributed by atoms with Gasteiger partial charge in [0.15, 0.2) is 0 Å². The normalized spacial score (nSPS) is 19.1. The molecule has 29 heavy (non-hydrogen) atoms. The summed E-state index contributed by atoms with van der Waals surface area (Å²) in [4.78, 5) is 17.7. The maximum atomic E-state index is 14.2. The molecule has 4 rings (SSSR count). The van der Waals surface area contributed by atoms with E-state index in [-0.39, 0.29) is 10.0 Å². The number of ether oxygens (including phenoxy) is 1. The van der Waals surface area contributed by atoms with Crippen LogP contribution in [0.2, 0.25) is 0 Å². The van der Waals surface area contributed by atoms with Crippen molar-refractivity contribution < 1.29 is 18.2 Å². The molecule has 1 fully saturated rings. The van der Waals surface area contributed by atoms with Crippen molar-refractivity contribution in [1.82, 2.24) is 14.4 Å². The highest BCUT2D eigenvalue weighted by Crippen LogP contribution is 2.31. The Balaban J connectivity index is 1.71. The quantitative estimate of drug-likeness (QED) is 0.717. The molecule has 0 bridgehead atoms. The summed E-state index contributed by atoms with van der Waals surface area (Å²) in [6.07, 6.45) is 1.04. The molecule has 0 saturated carbocycles. The van der Waals surface area contributed by atoms with Crippen LogP contribution in [0.4, 0.5) is 4.39 Å². The SMILES string of the molecule is COc1cc(Br)c(F)cc1-n1c2c(ccc1=O)CN(S(=O)/N=C1\CCON1)CC2. The van der Waals surface area contributed by atoms with E-state index in [1.807, 2.05) is 0 Å². The van der Waals surface area contributed by atoms with Gasteiger partial charge in [0, 0.05) is 43.8 Å². The van der Waals surface area contributed by atoms with Crippen molar-refractivity contribution in [3.8, 4) is 11.4 Å². The number of pyridine rings is 1. The summed E-state index contributed by atoms with van der Waals surface area (Å²) >= 11 is 1.57. The molecule has 3 heterocycles. The molecule has 0 spiro atoms. The third-order valence-corrected chi connectivity index (χ3v) is 6.47. The first-order valence-corrected chi connectivity index (χ1v) is 10.7. The lowest BCUT2D eigenvalue weighted by Crippen LogP contribution is -2.36. The predicted octanol–water partition coefficient (Wildman–Crippen LogP) is 2.01. The Morgan fingerprint density at radius 1 is 1.34 bits per heavy atom. The highest BCUT2D eigenvalue weighted by molar-refractivity contribution is 9.10. The van der Waals surface area contributed by atoms with Gasteiger partial charge in [-0.05, 0) is 27.6 Å². The zero-order chi connectivity index (χ0) is 20.5. The number of hydrogen-bond donors (Lipinski definition) is 1. The number of nitrogens with zero attached hydrogens (tertiary/aromatic N) is 3. The molecule has 1 atom stereocenters. The molecule has 11 heteroatoms. The number of benzene rings is 1. The first-order chi connectivity index (χ1) is 14.0. The summed E-state index contributed by atoms with van der Waals surface area (Å²) in [5, 5.41) is 0. The summed E-state index contributed by atoms with van der Waals surface area (Å²) < 4.78 is 39.7. The van der Waals surface area contributed by atoms with E-state index in [0.29, 0.717) is 49.8 Å². The average molecular weight is 485 g/mol. The van der Waals surface area contributed by atoms with Crippen molar-refractivity contribution in [2.24, 2.45) is 4.40 Å². The van der Waals surface area contributed by atoms with Gasteiger partial charge in [0.2, 0.25) is 11.2 Å². The molecular weight excluding hydrogens is 467 g/mol. The lowest BCUT2D eigenvalue weighted by Gasteiger charge is -2.28. The van der Waals surface area contributed by atoms with Gasteiger partial charge in [-0.15, -0.1) is 0 Å².